The van der Waals surface area contributed by atoms with E-state index < -0.39 is 5.92 Å². The number of hydrogen-bond donors (Lipinski definition) is 2. The van der Waals surface area contributed by atoms with Crippen LogP contribution in [-0.4, -0.2) is 30.7 Å². The van der Waals surface area contributed by atoms with Gasteiger partial charge >= 0.3 is 0 Å². The monoisotopic (exact) mass is 278 g/mol. The van der Waals surface area contributed by atoms with E-state index in [-0.39, 0.29) is 10.9 Å². The second-order valence-electron chi connectivity index (χ2n) is 4.72. The van der Waals surface area contributed by atoms with Gasteiger partial charge in [0, 0.05) is 19.1 Å². The summed E-state index contributed by atoms with van der Waals surface area (Å²) < 4.78 is 5.28. The summed E-state index contributed by atoms with van der Waals surface area (Å²) in [5.74, 6) is -0.296. The maximum absolute atomic E-state index is 12.2. The molecule has 1 aliphatic heterocycles. The summed E-state index contributed by atoms with van der Waals surface area (Å²) >= 11 is 5.02. The van der Waals surface area contributed by atoms with Crippen molar-refractivity contribution in [3.05, 3.63) is 35.9 Å². The van der Waals surface area contributed by atoms with Gasteiger partial charge in [-0.3, -0.25) is 4.79 Å². The molecule has 0 spiro atoms. The number of rotatable bonds is 5. The van der Waals surface area contributed by atoms with Crippen LogP contribution >= 0.6 is 12.2 Å². The third-order valence-electron chi connectivity index (χ3n) is 3.27. The Balaban J connectivity index is 1.98. The number of nitrogens with one attached hydrogen (secondary N) is 1. The zero-order valence-corrected chi connectivity index (χ0v) is 11.5. The number of benzene rings is 1. The lowest BCUT2D eigenvalue weighted by molar-refractivity contribution is -0.121. The van der Waals surface area contributed by atoms with E-state index in [2.05, 4.69) is 5.32 Å². The van der Waals surface area contributed by atoms with Gasteiger partial charge in [0.2, 0.25) is 5.91 Å². The van der Waals surface area contributed by atoms with Crippen molar-refractivity contribution in [3.8, 4) is 0 Å². The fourth-order valence-electron chi connectivity index (χ4n) is 2.18. The van der Waals surface area contributed by atoms with E-state index in [1.54, 1.807) is 0 Å². The molecule has 2 unspecified atom stereocenters. The number of ether oxygens (including phenoxy) is 1. The van der Waals surface area contributed by atoms with E-state index >= 15 is 0 Å². The summed E-state index contributed by atoms with van der Waals surface area (Å²) in [5, 5.41) is 2.92. The average Bonchev–Trinajstić information content (AvgIpc) is 2.90. The molecule has 0 aromatic heterocycles. The van der Waals surface area contributed by atoms with Gasteiger partial charge in [0.25, 0.3) is 0 Å². The molecule has 2 rings (SSSR count). The van der Waals surface area contributed by atoms with Crippen molar-refractivity contribution < 1.29 is 9.53 Å². The average molecular weight is 278 g/mol. The van der Waals surface area contributed by atoms with Gasteiger partial charge in [0.05, 0.1) is 11.6 Å². The molecule has 19 heavy (non-hydrogen) atoms. The molecule has 3 N–H and O–H groups in total. The zero-order valence-electron chi connectivity index (χ0n) is 10.7. The molecule has 0 bridgehead atoms. The van der Waals surface area contributed by atoms with Crippen molar-refractivity contribution in [3.63, 3.8) is 0 Å². The summed E-state index contributed by atoms with van der Waals surface area (Å²) in [4.78, 5) is 12.4. The van der Waals surface area contributed by atoms with Crippen LogP contribution in [0.15, 0.2) is 30.3 Å². The number of carbonyl (C=O) groups excluding carboxylic acids is 1. The minimum atomic E-state index is -0.557. The first-order chi connectivity index (χ1) is 9.18. The fourth-order valence-corrected chi connectivity index (χ4v) is 2.42. The molecular formula is C14H18N2O2S. The van der Waals surface area contributed by atoms with Crippen LogP contribution in [0, 0.1) is 5.92 Å². The van der Waals surface area contributed by atoms with Crippen molar-refractivity contribution in [1.29, 1.82) is 0 Å². The Labute approximate surface area is 118 Å². The van der Waals surface area contributed by atoms with Crippen LogP contribution in [0.3, 0.4) is 0 Å². The van der Waals surface area contributed by atoms with Gasteiger partial charge in [-0.2, -0.15) is 0 Å². The van der Waals surface area contributed by atoms with Crippen molar-refractivity contribution in [2.45, 2.75) is 12.3 Å². The Bertz CT molecular complexity index is 444. The smallest absolute Gasteiger partial charge is 0.234 e. The predicted octanol–water partition coefficient (Wildman–Crippen LogP) is 1.21. The highest BCUT2D eigenvalue weighted by Crippen LogP contribution is 2.17. The molecule has 5 heteroatoms. The molecule has 1 heterocycles. The van der Waals surface area contributed by atoms with Crippen molar-refractivity contribution >= 4 is 23.1 Å². The Kier molecular flexibility index (Phi) is 4.87. The summed E-state index contributed by atoms with van der Waals surface area (Å²) in [6, 6.07) is 9.37. The van der Waals surface area contributed by atoms with Crippen LogP contribution in [0.5, 0.6) is 0 Å². The molecule has 1 aromatic carbocycles. The van der Waals surface area contributed by atoms with E-state index in [1.165, 1.54) is 0 Å². The van der Waals surface area contributed by atoms with Crippen LogP contribution in [0.25, 0.3) is 0 Å². The molecule has 1 aliphatic rings. The summed E-state index contributed by atoms with van der Waals surface area (Å²) in [6.45, 7) is 2.10. The zero-order chi connectivity index (χ0) is 13.7. The maximum atomic E-state index is 12.2. The molecule has 2 atom stereocenters. The molecule has 1 fully saturated rings. The second-order valence-corrected chi connectivity index (χ2v) is 5.19. The predicted molar refractivity (Wildman–Crippen MR) is 77.9 cm³/mol. The van der Waals surface area contributed by atoms with Gasteiger partial charge in [-0.15, -0.1) is 0 Å². The fraction of sp³-hybridized carbons (Fsp3) is 0.429. The second kappa shape index (κ2) is 6.63. The third kappa shape index (κ3) is 3.75. The van der Waals surface area contributed by atoms with Gasteiger partial charge in [0.15, 0.2) is 0 Å². The lowest BCUT2D eigenvalue weighted by atomic mass is 9.98. The van der Waals surface area contributed by atoms with E-state index in [4.69, 9.17) is 22.7 Å². The Morgan fingerprint density at radius 3 is 2.79 bits per heavy atom. The standard InChI is InChI=1S/C14H18N2O2S/c15-13(19)12(11-4-2-1-3-5-11)14(17)16-8-10-6-7-18-9-10/h1-5,10,12H,6-9H2,(H2,15,19)(H,16,17). The highest BCUT2D eigenvalue weighted by molar-refractivity contribution is 7.80. The van der Waals surface area contributed by atoms with Crippen molar-refractivity contribution in [2.75, 3.05) is 19.8 Å². The molecule has 102 valence electrons. The molecule has 1 amide bonds. The van der Waals surface area contributed by atoms with Crippen LogP contribution in [-0.2, 0) is 9.53 Å². The molecule has 1 saturated heterocycles. The summed E-state index contributed by atoms with van der Waals surface area (Å²) in [6.07, 6.45) is 0.989. The van der Waals surface area contributed by atoms with E-state index in [0.717, 1.165) is 18.6 Å². The number of carbonyl (C=O) groups is 1. The topological polar surface area (TPSA) is 64.4 Å². The normalized spacial score (nSPS) is 19.9. The Morgan fingerprint density at radius 1 is 1.47 bits per heavy atom. The van der Waals surface area contributed by atoms with E-state index in [0.29, 0.717) is 19.1 Å². The van der Waals surface area contributed by atoms with Crippen molar-refractivity contribution in [1.82, 2.24) is 5.32 Å². The first-order valence-electron chi connectivity index (χ1n) is 6.38. The van der Waals surface area contributed by atoms with Crippen molar-refractivity contribution in [2.24, 2.45) is 11.7 Å². The first kappa shape index (κ1) is 14.0. The quantitative estimate of drug-likeness (QED) is 0.795. The minimum Gasteiger partial charge on any atom is -0.392 e. The van der Waals surface area contributed by atoms with Gasteiger partial charge in [0.1, 0.15) is 5.92 Å². The SMILES string of the molecule is NC(=S)C(C(=O)NCC1CCOC1)c1ccccc1. The summed E-state index contributed by atoms with van der Waals surface area (Å²) in [5.41, 5.74) is 6.53. The first-order valence-corrected chi connectivity index (χ1v) is 6.79. The minimum absolute atomic E-state index is 0.134. The van der Waals surface area contributed by atoms with E-state index in [1.807, 2.05) is 30.3 Å². The van der Waals surface area contributed by atoms with Crippen LogP contribution in [0.4, 0.5) is 0 Å². The van der Waals surface area contributed by atoms with Gasteiger partial charge in [-0.25, -0.2) is 0 Å². The molecule has 0 radical (unpaired) electrons. The Hall–Kier alpha value is -1.46. The largest absolute Gasteiger partial charge is 0.392 e. The molecular weight excluding hydrogens is 260 g/mol. The molecule has 4 nitrogen and oxygen atoms in total. The molecule has 0 aliphatic carbocycles. The highest BCUT2D eigenvalue weighted by atomic mass is 32.1. The van der Waals surface area contributed by atoms with E-state index in [9.17, 15) is 4.79 Å². The van der Waals surface area contributed by atoms with Crippen LogP contribution in [0.2, 0.25) is 0 Å². The number of hydrogen-bond acceptors (Lipinski definition) is 3. The maximum Gasteiger partial charge on any atom is 0.234 e. The third-order valence-corrected chi connectivity index (χ3v) is 3.50. The number of thiocarbonyl (C=S) groups is 1. The highest BCUT2D eigenvalue weighted by Gasteiger charge is 2.24. The lowest BCUT2D eigenvalue weighted by Crippen LogP contribution is -2.38. The lowest BCUT2D eigenvalue weighted by Gasteiger charge is -2.17. The van der Waals surface area contributed by atoms with Crippen LogP contribution < -0.4 is 11.1 Å². The summed E-state index contributed by atoms with van der Waals surface area (Å²) in [7, 11) is 0. The molecule has 1 aromatic rings. The van der Waals surface area contributed by atoms with Gasteiger partial charge in [-0.05, 0) is 12.0 Å². The number of nitrogens with two attached hydrogens (primary N) is 1. The number of amides is 1. The van der Waals surface area contributed by atoms with Gasteiger partial charge in [-0.1, -0.05) is 42.5 Å². The van der Waals surface area contributed by atoms with Gasteiger partial charge < -0.3 is 15.8 Å². The Morgan fingerprint density at radius 2 is 2.21 bits per heavy atom. The molecule has 0 saturated carbocycles. The van der Waals surface area contributed by atoms with Crippen LogP contribution in [0.1, 0.15) is 17.9 Å².